The number of fused-ring (bicyclic) bond motifs is 5. The van der Waals surface area contributed by atoms with Gasteiger partial charge in [-0.05, 0) is 60.8 Å². The lowest BCUT2D eigenvalue weighted by atomic mass is 9.46. The summed E-state index contributed by atoms with van der Waals surface area (Å²) in [5.41, 5.74) is 0.894. The smallest absolute Gasteiger partial charge is 0.122 e. The molecular weight excluding hydrogens is 287 g/mol. The summed E-state index contributed by atoms with van der Waals surface area (Å²) >= 11 is 0. The zero-order chi connectivity index (χ0) is 16.4. The molecule has 3 fully saturated rings. The molecule has 0 aromatic carbocycles. The number of aliphatic hydroxyl groups is 1. The van der Waals surface area contributed by atoms with Crippen LogP contribution in [0.15, 0.2) is 23.8 Å². The van der Waals surface area contributed by atoms with Crippen LogP contribution in [0.25, 0.3) is 0 Å². The van der Waals surface area contributed by atoms with Gasteiger partial charge in [0.15, 0.2) is 0 Å². The molecule has 8 atom stereocenters. The van der Waals surface area contributed by atoms with E-state index < -0.39 is 6.17 Å². The summed E-state index contributed by atoms with van der Waals surface area (Å²) in [5.74, 6) is 1.83. The Hall–Kier alpha value is -0.630. The molecule has 0 heterocycles. The molecule has 0 amide bonds. The number of hydrogen-bond donors (Lipinski definition) is 1. The number of rotatable bonds is 1. The number of hydrogen-bond acceptors (Lipinski definition) is 1. The topological polar surface area (TPSA) is 20.2 Å². The first kappa shape index (κ1) is 15.9. The average molecular weight is 318 g/mol. The van der Waals surface area contributed by atoms with Crippen molar-refractivity contribution in [2.45, 2.75) is 71.6 Å². The Morgan fingerprint density at radius 1 is 1.30 bits per heavy atom. The maximum Gasteiger partial charge on any atom is 0.122 e. The molecule has 0 aliphatic heterocycles. The summed E-state index contributed by atoms with van der Waals surface area (Å²) < 4.78 is 15.0. The fraction of sp³-hybridized carbons (Fsp3) is 0.810. The molecule has 1 nitrogen and oxygen atoms in total. The highest BCUT2D eigenvalue weighted by atomic mass is 19.1. The van der Waals surface area contributed by atoms with E-state index in [1.54, 1.807) is 0 Å². The van der Waals surface area contributed by atoms with Crippen molar-refractivity contribution in [2.24, 2.45) is 34.5 Å². The summed E-state index contributed by atoms with van der Waals surface area (Å²) in [6.45, 7) is 6.84. The molecule has 0 unspecified atom stereocenters. The van der Waals surface area contributed by atoms with Crippen LogP contribution in [0, 0.1) is 34.5 Å². The Bertz CT molecular complexity index is 552. The van der Waals surface area contributed by atoms with Gasteiger partial charge >= 0.3 is 0 Å². The Balaban J connectivity index is 1.76. The number of aliphatic hydroxyl groups excluding tert-OH is 1. The quantitative estimate of drug-likeness (QED) is 0.670. The van der Waals surface area contributed by atoms with Gasteiger partial charge in [-0.25, -0.2) is 4.39 Å². The molecule has 4 rings (SSSR count). The SMILES string of the molecule is CC[C@H]1CC[C@H]2[C@@H]3C[C@H](F)C4=CCC=C[C@]4(C)[C@H]3[C@@H](O)C[C@]12C. The van der Waals surface area contributed by atoms with E-state index >= 15 is 4.39 Å². The molecule has 23 heavy (non-hydrogen) atoms. The summed E-state index contributed by atoms with van der Waals surface area (Å²) in [5, 5.41) is 11.1. The van der Waals surface area contributed by atoms with Gasteiger partial charge in [-0.3, -0.25) is 0 Å². The summed E-state index contributed by atoms with van der Waals surface area (Å²) in [4.78, 5) is 0. The van der Waals surface area contributed by atoms with Gasteiger partial charge in [-0.1, -0.05) is 45.4 Å². The zero-order valence-corrected chi connectivity index (χ0v) is 14.8. The maximum atomic E-state index is 15.0. The Morgan fingerprint density at radius 3 is 2.83 bits per heavy atom. The lowest BCUT2D eigenvalue weighted by Gasteiger charge is -2.59. The van der Waals surface area contributed by atoms with Crippen LogP contribution in [0.1, 0.15) is 59.3 Å². The van der Waals surface area contributed by atoms with Crippen LogP contribution < -0.4 is 0 Å². The third-order valence-electron chi connectivity index (χ3n) is 8.21. The van der Waals surface area contributed by atoms with E-state index in [4.69, 9.17) is 0 Å². The van der Waals surface area contributed by atoms with Crippen molar-refractivity contribution < 1.29 is 9.50 Å². The second-order valence-electron chi connectivity index (χ2n) is 9.04. The first-order chi connectivity index (χ1) is 10.9. The van der Waals surface area contributed by atoms with Gasteiger partial charge in [-0.2, -0.15) is 0 Å². The Labute approximate surface area is 140 Å². The highest BCUT2D eigenvalue weighted by molar-refractivity contribution is 5.35. The molecule has 0 radical (unpaired) electrons. The van der Waals surface area contributed by atoms with Crippen LogP contribution in [0.5, 0.6) is 0 Å². The highest BCUT2D eigenvalue weighted by Crippen LogP contribution is 2.66. The third-order valence-corrected chi connectivity index (χ3v) is 8.21. The van der Waals surface area contributed by atoms with Crippen molar-refractivity contribution in [1.82, 2.24) is 0 Å². The molecule has 0 aromatic rings. The molecule has 4 aliphatic carbocycles. The number of alkyl halides is 1. The van der Waals surface area contributed by atoms with Gasteiger partial charge in [0.2, 0.25) is 0 Å². The van der Waals surface area contributed by atoms with E-state index in [1.165, 1.54) is 19.3 Å². The Kier molecular flexibility index (Phi) is 3.58. The summed E-state index contributed by atoms with van der Waals surface area (Å²) in [7, 11) is 0. The largest absolute Gasteiger partial charge is 0.393 e. The van der Waals surface area contributed by atoms with Gasteiger partial charge in [0.25, 0.3) is 0 Å². The van der Waals surface area contributed by atoms with Crippen molar-refractivity contribution in [1.29, 1.82) is 0 Å². The average Bonchev–Trinajstić information content (AvgIpc) is 2.82. The van der Waals surface area contributed by atoms with Crippen LogP contribution in [0.3, 0.4) is 0 Å². The van der Waals surface area contributed by atoms with Crippen molar-refractivity contribution in [2.75, 3.05) is 0 Å². The molecule has 0 bridgehead atoms. The van der Waals surface area contributed by atoms with Crippen LogP contribution in [0.2, 0.25) is 0 Å². The molecule has 1 N–H and O–H groups in total. The first-order valence-electron chi connectivity index (χ1n) is 9.62. The molecule has 0 spiro atoms. The van der Waals surface area contributed by atoms with Crippen molar-refractivity contribution in [3.8, 4) is 0 Å². The monoisotopic (exact) mass is 318 g/mol. The minimum absolute atomic E-state index is 0.200. The fourth-order valence-corrected chi connectivity index (χ4v) is 7.26. The minimum Gasteiger partial charge on any atom is -0.393 e. The Morgan fingerprint density at radius 2 is 2.09 bits per heavy atom. The van der Waals surface area contributed by atoms with E-state index in [9.17, 15) is 5.11 Å². The predicted octanol–water partition coefficient (Wildman–Crippen LogP) is 5.06. The molecule has 0 aromatic heterocycles. The number of halogens is 1. The first-order valence-corrected chi connectivity index (χ1v) is 9.62. The van der Waals surface area contributed by atoms with Crippen LogP contribution in [0.4, 0.5) is 4.39 Å². The van der Waals surface area contributed by atoms with Gasteiger partial charge in [0.05, 0.1) is 6.10 Å². The molecular formula is C21H31FO. The lowest BCUT2D eigenvalue weighted by molar-refractivity contribution is -0.123. The van der Waals surface area contributed by atoms with E-state index in [0.717, 1.165) is 18.4 Å². The number of allylic oxidation sites excluding steroid dienone is 4. The zero-order valence-electron chi connectivity index (χ0n) is 14.8. The second kappa shape index (κ2) is 5.18. The summed E-state index contributed by atoms with van der Waals surface area (Å²) in [6.07, 6.45) is 11.4. The second-order valence-corrected chi connectivity index (χ2v) is 9.04. The van der Waals surface area contributed by atoms with Crippen LogP contribution >= 0.6 is 0 Å². The van der Waals surface area contributed by atoms with Gasteiger partial charge in [0, 0.05) is 11.3 Å². The standard InChI is InChI=1S/C21H31FO/c1-4-13-8-9-15-14-11-17(22)16-7-5-6-10-20(16,2)19(14)18(23)12-21(13,15)3/h6-7,10,13-15,17-19,23H,4-5,8-9,11-12H2,1-3H3/t13-,14-,15-,17-,18-,19+,20-,21+/m0/s1. The molecule has 2 heteroatoms. The van der Waals surface area contributed by atoms with E-state index in [0.29, 0.717) is 24.2 Å². The summed E-state index contributed by atoms with van der Waals surface area (Å²) in [6, 6.07) is 0. The fourth-order valence-electron chi connectivity index (χ4n) is 7.26. The molecule has 4 aliphatic rings. The van der Waals surface area contributed by atoms with Crippen molar-refractivity contribution in [3.05, 3.63) is 23.8 Å². The lowest BCUT2D eigenvalue weighted by Crippen LogP contribution is -2.57. The maximum absolute atomic E-state index is 15.0. The van der Waals surface area contributed by atoms with Crippen molar-refractivity contribution >= 4 is 0 Å². The normalized spacial score (nSPS) is 54.9. The van der Waals surface area contributed by atoms with E-state index in [1.807, 2.05) is 0 Å². The minimum atomic E-state index is -0.818. The van der Waals surface area contributed by atoms with Crippen LogP contribution in [-0.4, -0.2) is 17.4 Å². The molecule has 0 saturated heterocycles. The molecule has 3 saturated carbocycles. The predicted molar refractivity (Wildman–Crippen MR) is 91.7 cm³/mol. The van der Waals surface area contributed by atoms with Crippen molar-refractivity contribution in [3.63, 3.8) is 0 Å². The van der Waals surface area contributed by atoms with E-state index in [-0.39, 0.29) is 22.9 Å². The molecule has 128 valence electrons. The van der Waals surface area contributed by atoms with Gasteiger partial charge in [0.1, 0.15) is 6.17 Å². The van der Waals surface area contributed by atoms with Gasteiger partial charge in [-0.15, -0.1) is 0 Å². The third kappa shape index (κ3) is 2.00. The van der Waals surface area contributed by atoms with Crippen LogP contribution in [-0.2, 0) is 0 Å². The highest BCUT2D eigenvalue weighted by Gasteiger charge is 2.62. The van der Waals surface area contributed by atoms with E-state index in [2.05, 4.69) is 39.0 Å². The van der Waals surface area contributed by atoms with Gasteiger partial charge < -0.3 is 5.11 Å².